The van der Waals surface area contributed by atoms with E-state index in [2.05, 4.69) is 49.4 Å². The fourth-order valence-electron chi connectivity index (χ4n) is 2.37. The first-order valence-corrected chi connectivity index (χ1v) is 8.17. The Morgan fingerprint density at radius 3 is 2.67 bits per heavy atom. The summed E-state index contributed by atoms with van der Waals surface area (Å²) < 4.78 is 1.99. The van der Waals surface area contributed by atoms with Crippen LogP contribution in [-0.2, 0) is 0 Å². The van der Waals surface area contributed by atoms with E-state index in [4.69, 9.17) is 11.6 Å². The van der Waals surface area contributed by atoms with Gasteiger partial charge in [-0.3, -0.25) is 0 Å². The van der Waals surface area contributed by atoms with Crippen LogP contribution in [0.3, 0.4) is 0 Å². The Kier molecular flexibility index (Phi) is 5.36. The third-order valence-electron chi connectivity index (χ3n) is 3.20. The van der Waals surface area contributed by atoms with Crippen LogP contribution in [0.4, 0.5) is 5.69 Å². The lowest BCUT2D eigenvalue weighted by Gasteiger charge is -2.21. The molecule has 2 nitrogen and oxygen atoms in total. The number of hydrogen-bond donors (Lipinski definition) is 2. The molecule has 2 N–H and O–H groups in total. The van der Waals surface area contributed by atoms with Crippen LogP contribution in [0.25, 0.3) is 0 Å². The molecule has 100 valence electrons. The van der Waals surface area contributed by atoms with Crippen LogP contribution in [0, 0.1) is 0 Å². The van der Waals surface area contributed by atoms with Crippen molar-refractivity contribution in [2.24, 2.45) is 0 Å². The summed E-state index contributed by atoms with van der Waals surface area (Å²) in [5.74, 6) is 0. The molecule has 2 unspecified atom stereocenters. The smallest absolute Gasteiger partial charge is 0.0632 e. The molecule has 0 aliphatic carbocycles. The average Bonchev–Trinajstić information content (AvgIpc) is 2.76. The second kappa shape index (κ2) is 6.60. The van der Waals surface area contributed by atoms with E-state index in [1.165, 1.54) is 12.8 Å². The van der Waals surface area contributed by atoms with E-state index in [1.807, 2.05) is 12.1 Å². The molecule has 2 rings (SSSR count). The molecule has 0 spiro atoms. The van der Waals surface area contributed by atoms with Gasteiger partial charge in [0.15, 0.2) is 0 Å². The number of benzene rings is 1. The van der Waals surface area contributed by atoms with Crippen molar-refractivity contribution in [1.29, 1.82) is 0 Å². The summed E-state index contributed by atoms with van der Waals surface area (Å²) in [5.41, 5.74) is 1.07. The van der Waals surface area contributed by atoms with E-state index in [0.717, 1.165) is 32.6 Å². The predicted molar refractivity (Wildman–Crippen MR) is 85.6 cm³/mol. The van der Waals surface area contributed by atoms with Crippen LogP contribution < -0.4 is 10.6 Å². The zero-order valence-corrected chi connectivity index (χ0v) is 14.2. The van der Waals surface area contributed by atoms with Crippen molar-refractivity contribution in [3.8, 4) is 0 Å². The summed E-state index contributed by atoms with van der Waals surface area (Å²) in [5, 5.41) is 7.79. The van der Waals surface area contributed by atoms with Crippen molar-refractivity contribution in [3.63, 3.8) is 0 Å². The zero-order chi connectivity index (χ0) is 13.1. The summed E-state index contributed by atoms with van der Waals surface area (Å²) in [7, 11) is 0. The van der Waals surface area contributed by atoms with Crippen LogP contribution in [0.1, 0.15) is 26.2 Å². The molecule has 0 bridgehead atoms. The molecule has 5 heteroatoms. The van der Waals surface area contributed by atoms with Gasteiger partial charge in [-0.1, -0.05) is 11.6 Å². The van der Waals surface area contributed by atoms with Crippen molar-refractivity contribution in [2.45, 2.75) is 38.3 Å². The number of hydrogen-bond acceptors (Lipinski definition) is 2. The molecule has 1 aromatic rings. The Morgan fingerprint density at radius 2 is 2.11 bits per heavy atom. The average molecular weight is 397 g/mol. The van der Waals surface area contributed by atoms with Crippen LogP contribution in [-0.4, -0.2) is 18.6 Å². The van der Waals surface area contributed by atoms with Crippen LogP contribution in [0.15, 0.2) is 21.1 Å². The summed E-state index contributed by atoms with van der Waals surface area (Å²) in [6.07, 6.45) is 3.72. The van der Waals surface area contributed by atoms with E-state index < -0.39 is 0 Å². The molecule has 1 saturated heterocycles. The molecule has 1 aromatic carbocycles. The minimum atomic E-state index is 0.425. The van der Waals surface area contributed by atoms with Crippen molar-refractivity contribution < 1.29 is 0 Å². The fraction of sp³-hybridized carbons (Fsp3) is 0.538. The highest BCUT2D eigenvalue weighted by Gasteiger charge is 2.18. The number of rotatable bonds is 4. The first kappa shape index (κ1) is 14.6. The maximum atomic E-state index is 6.00. The number of halogens is 3. The minimum absolute atomic E-state index is 0.425. The Hall–Kier alpha value is 0.230. The Balaban J connectivity index is 1.99. The van der Waals surface area contributed by atoms with Gasteiger partial charge < -0.3 is 10.6 Å². The van der Waals surface area contributed by atoms with Gasteiger partial charge >= 0.3 is 0 Å². The van der Waals surface area contributed by atoms with E-state index in [9.17, 15) is 0 Å². The number of nitrogens with one attached hydrogen (secondary N) is 2. The molecule has 1 fully saturated rings. The Labute approximate surface area is 130 Å². The van der Waals surface area contributed by atoms with Crippen LogP contribution in [0.5, 0.6) is 0 Å². The third-order valence-corrected chi connectivity index (χ3v) is 4.67. The molecule has 1 aliphatic rings. The maximum Gasteiger partial charge on any atom is 0.0632 e. The standard InChI is InChI=1S/C13H17Br2ClN2/c1-8(5-10-3-2-4-17-10)18-13-11(14)6-9(16)7-12(13)15/h6-8,10,17-18H,2-5H2,1H3. The lowest BCUT2D eigenvalue weighted by atomic mass is 10.1. The summed E-state index contributed by atoms with van der Waals surface area (Å²) in [6.45, 7) is 3.37. The molecule has 0 aromatic heterocycles. The van der Waals surface area contributed by atoms with Crippen molar-refractivity contribution in [2.75, 3.05) is 11.9 Å². The summed E-state index contributed by atoms with van der Waals surface area (Å²) >= 11 is 13.1. The highest BCUT2D eigenvalue weighted by atomic mass is 79.9. The van der Waals surface area contributed by atoms with Gasteiger partial charge in [0.05, 0.1) is 5.69 Å². The van der Waals surface area contributed by atoms with E-state index in [0.29, 0.717) is 12.1 Å². The van der Waals surface area contributed by atoms with Gasteiger partial charge in [-0.25, -0.2) is 0 Å². The summed E-state index contributed by atoms with van der Waals surface area (Å²) in [6, 6.07) is 4.90. The van der Waals surface area contributed by atoms with Crippen LogP contribution in [0.2, 0.25) is 5.02 Å². The van der Waals surface area contributed by atoms with Gasteiger partial charge in [-0.05, 0) is 76.7 Å². The molecule has 0 amide bonds. The molecule has 18 heavy (non-hydrogen) atoms. The lowest BCUT2D eigenvalue weighted by Crippen LogP contribution is -2.29. The van der Waals surface area contributed by atoms with Gasteiger partial charge in [0.25, 0.3) is 0 Å². The Morgan fingerprint density at radius 1 is 1.44 bits per heavy atom. The van der Waals surface area contributed by atoms with Crippen LogP contribution >= 0.6 is 43.5 Å². The quantitative estimate of drug-likeness (QED) is 0.763. The molecule has 2 atom stereocenters. The van der Waals surface area contributed by atoms with Crippen molar-refractivity contribution >= 4 is 49.1 Å². The lowest BCUT2D eigenvalue weighted by molar-refractivity contribution is 0.523. The van der Waals surface area contributed by atoms with E-state index in [1.54, 1.807) is 0 Å². The maximum absolute atomic E-state index is 6.00. The first-order valence-electron chi connectivity index (χ1n) is 6.20. The van der Waals surface area contributed by atoms with Gasteiger partial charge in [-0.15, -0.1) is 0 Å². The topological polar surface area (TPSA) is 24.1 Å². The molecule has 1 aliphatic heterocycles. The highest BCUT2D eigenvalue weighted by Crippen LogP contribution is 2.35. The third kappa shape index (κ3) is 3.86. The molecular formula is C13H17Br2ClN2. The normalized spacial score (nSPS) is 21.0. The summed E-state index contributed by atoms with van der Waals surface area (Å²) in [4.78, 5) is 0. The molecule has 0 radical (unpaired) electrons. The first-order chi connectivity index (χ1) is 8.56. The molecular weight excluding hydrogens is 379 g/mol. The Bertz CT molecular complexity index is 396. The predicted octanol–water partition coefficient (Wildman–Crippen LogP) is 4.81. The highest BCUT2D eigenvalue weighted by molar-refractivity contribution is 9.11. The zero-order valence-electron chi connectivity index (χ0n) is 10.3. The number of anilines is 1. The van der Waals surface area contributed by atoms with Gasteiger partial charge in [0.1, 0.15) is 0 Å². The van der Waals surface area contributed by atoms with E-state index >= 15 is 0 Å². The van der Waals surface area contributed by atoms with Gasteiger partial charge in [-0.2, -0.15) is 0 Å². The van der Waals surface area contributed by atoms with E-state index in [-0.39, 0.29) is 0 Å². The van der Waals surface area contributed by atoms with Gasteiger partial charge in [0.2, 0.25) is 0 Å². The SMILES string of the molecule is CC(CC1CCCN1)Nc1c(Br)cc(Cl)cc1Br. The van der Waals surface area contributed by atoms with Gasteiger partial charge in [0, 0.05) is 26.1 Å². The van der Waals surface area contributed by atoms with Crippen molar-refractivity contribution in [3.05, 3.63) is 26.1 Å². The second-order valence-corrected chi connectivity index (χ2v) is 6.96. The monoisotopic (exact) mass is 394 g/mol. The fourth-order valence-corrected chi connectivity index (χ4v) is 4.27. The minimum Gasteiger partial charge on any atom is -0.381 e. The van der Waals surface area contributed by atoms with Crippen molar-refractivity contribution in [1.82, 2.24) is 5.32 Å². The largest absolute Gasteiger partial charge is 0.381 e. The molecule has 1 heterocycles. The second-order valence-electron chi connectivity index (χ2n) is 4.82. The molecule has 0 saturated carbocycles.